The number of hydrogen-bond donors (Lipinski definition) is 1. The quantitative estimate of drug-likeness (QED) is 0.567. The number of piperazine rings is 1. The number of halogens is 2. The zero-order valence-corrected chi connectivity index (χ0v) is 19.2. The average Bonchev–Trinajstić information content (AvgIpc) is 2.85. The van der Waals surface area contributed by atoms with E-state index in [0.29, 0.717) is 55.9 Å². The van der Waals surface area contributed by atoms with Gasteiger partial charge in [-0.3, -0.25) is 9.18 Å². The van der Waals surface area contributed by atoms with Gasteiger partial charge in [0.15, 0.2) is 11.6 Å². The highest BCUT2D eigenvalue weighted by Crippen LogP contribution is 2.23. The Balaban J connectivity index is 1.16. The SMILES string of the molecule is C[C@H]1CN(c2cnc(NC(=O)c3ccc(N4CC(CF)C4)nc3)cn2)CCN1c1ncc(F)cn1. The second-order valence-corrected chi connectivity index (χ2v) is 8.73. The van der Waals surface area contributed by atoms with Gasteiger partial charge in [-0.05, 0) is 19.1 Å². The Hall–Kier alpha value is -3.96. The summed E-state index contributed by atoms with van der Waals surface area (Å²) >= 11 is 0. The van der Waals surface area contributed by atoms with Crippen molar-refractivity contribution in [2.75, 3.05) is 59.4 Å². The van der Waals surface area contributed by atoms with Crippen molar-refractivity contribution in [3.05, 3.63) is 54.5 Å². The Bertz CT molecular complexity index is 1160. The molecule has 10 nitrogen and oxygen atoms in total. The molecular weight excluding hydrogens is 456 g/mol. The second-order valence-electron chi connectivity index (χ2n) is 8.73. The number of pyridine rings is 1. The molecule has 1 N–H and O–H groups in total. The van der Waals surface area contributed by atoms with Crippen LogP contribution in [0.2, 0.25) is 0 Å². The summed E-state index contributed by atoms with van der Waals surface area (Å²) in [5.41, 5.74) is 0.398. The van der Waals surface area contributed by atoms with Crippen LogP contribution < -0.4 is 20.0 Å². The predicted octanol–water partition coefficient (Wildman–Crippen LogP) is 2.17. The zero-order chi connectivity index (χ0) is 24.4. The molecule has 0 aliphatic carbocycles. The topological polar surface area (TPSA) is 103 Å². The minimum atomic E-state index is -0.463. The summed E-state index contributed by atoms with van der Waals surface area (Å²) in [6.45, 7) is 5.00. The third kappa shape index (κ3) is 4.96. The number of hydrogen-bond acceptors (Lipinski definition) is 9. The van der Waals surface area contributed by atoms with E-state index in [1.54, 1.807) is 18.3 Å². The highest BCUT2D eigenvalue weighted by atomic mass is 19.1. The first-order valence-corrected chi connectivity index (χ1v) is 11.4. The summed E-state index contributed by atoms with van der Waals surface area (Å²) in [5, 5.41) is 2.73. The molecule has 0 saturated carbocycles. The van der Waals surface area contributed by atoms with E-state index < -0.39 is 5.82 Å². The van der Waals surface area contributed by atoms with E-state index in [0.717, 1.165) is 5.82 Å². The first-order chi connectivity index (χ1) is 17.0. The molecule has 1 atom stereocenters. The minimum Gasteiger partial charge on any atom is -0.356 e. The van der Waals surface area contributed by atoms with E-state index in [2.05, 4.69) is 35.1 Å². The molecule has 0 radical (unpaired) electrons. The number of carbonyl (C=O) groups excluding carboxylic acids is 1. The lowest BCUT2D eigenvalue weighted by Gasteiger charge is -2.40. The molecule has 182 valence electrons. The molecule has 2 aliphatic heterocycles. The van der Waals surface area contributed by atoms with Gasteiger partial charge in [-0.25, -0.2) is 29.3 Å². The minimum absolute atomic E-state index is 0.0669. The van der Waals surface area contributed by atoms with Gasteiger partial charge in [0.1, 0.15) is 11.6 Å². The first kappa shape index (κ1) is 22.8. The summed E-state index contributed by atoms with van der Waals surface area (Å²) in [4.78, 5) is 39.9. The summed E-state index contributed by atoms with van der Waals surface area (Å²) in [5.74, 6) is 1.53. The molecule has 0 bridgehead atoms. The molecule has 3 aromatic rings. The Labute approximate surface area is 201 Å². The average molecular weight is 482 g/mol. The van der Waals surface area contributed by atoms with Crippen molar-refractivity contribution in [1.29, 1.82) is 0 Å². The summed E-state index contributed by atoms with van der Waals surface area (Å²) in [6.07, 6.45) is 6.98. The lowest BCUT2D eigenvalue weighted by atomic mass is 10.0. The van der Waals surface area contributed by atoms with E-state index in [4.69, 9.17) is 0 Å². The monoisotopic (exact) mass is 481 g/mol. The van der Waals surface area contributed by atoms with Crippen LogP contribution in [0.25, 0.3) is 0 Å². The second kappa shape index (κ2) is 9.72. The number of alkyl halides is 1. The Kier molecular flexibility index (Phi) is 6.34. The van der Waals surface area contributed by atoms with E-state index in [1.807, 2.05) is 16.7 Å². The number of nitrogens with one attached hydrogen (secondary N) is 1. The molecule has 0 spiro atoms. The van der Waals surface area contributed by atoms with E-state index in [9.17, 15) is 13.6 Å². The number of aromatic nitrogens is 5. The van der Waals surface area contributed by atoms with E-state index in [1.165, 1.54) is 24.8 Å². The molecule has 2 fully saturated rings. The van der Waals surface area contributed by atoms with E-state index in [-0.39, 0.29) is 24.5 Å². The van der Waals surface area contributed by atoms with Crippen LogP contribution in [0.1, 0.15) is 17.3 Å². The van der Waals surface area contributed by atoms with Crippen LogP contribution in [0.15, 0.2) is 43.1 Å². The van der Waals surface area contributed by atoms with Gasteiger partial charge in [-0.2, -0.15) is 0 Å². The smallest absolute Gasteiger partial charge is 0.258 e. The van der Waals surface area contributed by atoms with Gasteiger partial charge >= 0.3 is 0 Å². The van der Waals surface area contributed by atoms with Crippen LogP contribution >= 0.6 is 0 Å². The fourth-order valence-electron chi connectivity index (χ4n) is 4.22. The Morgan fingerprint density at radius 1 is 0.943 bits per heavy atom. The lowest BCUT2D eigenvalue weighted by molar-refractivity contribution is 0.102. The van der Waals surface area contributed by atoms with Crippen molar-refractivity contribution in [1.82, 2.24) is 24.9 Å². The number of amides is 1. The van der Waals surface area contributed by atoms with Crippen molar-refractivity contribution in [2.45, 2.75) is 13.0 Å². The van der Waals surface area contributed by atoms with Gasteiger partial charge in [0.25, 0.3) is 5.91 Å². The number of anilines is 4. The molecule has 0 aromatic carbocycles. The molecule has 12 heteroatoms. The van der Waals surface area contributed by atoms with Crippen molar-refractivity contribution in [3.8, 4) is 0 Å². The zero-order valence-electron chi connectivity index (χ0n) is 19.2. The number of carbonyl (C=O) groups is 1. The van der Waals surface area contributed by atoms with Crippen LogP contribution in [-0.2, 0) is 0 Å². The maximum Gasteiger partial charge on any atom is 0.258 e. The van der Waals surface area contributed by atoms with Gasteiger partial charge in [-0.15, -0.1) is 0 Å². The van der Waals surface area contributed by atoms with Crippen LogP contribution in [0.5, 0.6) is 0 Å². The largest absolute Gasteiger partial charge is 0.356 e. The van der Waals surface area contributed by atoms with Crippen molar-refractivity contribution < 1.29 is 13.6 Å². The van der Waals surface area contributed by atoms with Crippen LogP contribution in [-0.4, -0.2) is 76.3 Å². The van der Waals surface area contributed by atoms with Crippen LogP contribution in [0, 0.1) is 11.7 Å². The Morgan fingerprint density at radius 3 is 2.34 bits per heavy atom. The molecule has 0 unspecified atom stereocenters. The van der Waals surface area contributed by atoms with Crippen LogP contribution in [0.3, 0.4) is 0 Å². The molecule has 2 saturated heterocycles. The molecule has 5 rings (SSSR count). The maximum atomic E-state index is 13.1. The van der Waals surface area contributed by atoms with Crippen molar-refractivity contribution in [2.24, 2.45) is 5.92 Å². The molecule has 5 heterocycles. The lowest BCUT2D eigenvalue weighted by Crippen LogP contribution is -2.53. The number of nitrogens with zero attached hydrogens (tertiary/aromatic N) is 8. The third-order valence-corrected chi connectivity index (χ3v) is 6.20. The first-order valence-electron chi connectivity index (χ1n) is 11.4. The highest BCUT2D eigenvalue weighted by Gasteiger charge is 2.28. The van der Waals surface area contributed by atoms with Crippen molar-refractivity contribution in [3.63, 3.8) is 0 Å². The van der Waals surface area contributed by atoms with Gasteiger partial charge in [-0.1, -0.05) is 0 Å². The van der Waals surface area contributed by atoms with E-state index >= 15 is 0 Å². The third-order valence-electron chi connectivity index (χ3n) is 6.20. The summed E-state index contributed by atoms with van der Waals surface area (Å²) in [7, 11) is 0. The maximum absolute atomic E-state index is 13.1. The van der Waals surface area contributed by atoms with Crippen LogP contribution in [0.4, 0.5) is 32.2 Å². The highest BCUT2D eigenvalue weighted by molar-refractivity contribution is 6.03. The fraction of sp³-hybridized carbons (Fsp3) is 0.391. The molecule has 35 heavy (non-hydrogen) atoms. The fourth-order valence-corrected chi connectivity index (χ4v) is 4.22. The van der Waals surface area contributed by atoms with Gasteiger partial charge in [0, 0.05) is 50.9 Å². The van der Waals surface area contributed by atoms with Gasteiger partial charge in [0.05, 0.1) is 37.0 Å². The summed E-state index contributed by atoms with van der Waals surface area (Å²) in [6, 6.07) is 3.54. The predicted molar refractivity (Wildman–Crippen MR) is 127 cm³/mol. The molecule has 1 amide bonds. The van der Waals surface area contributed by atoms with Crippen molar-refractivity contribution >= 4 is 29.3 Å². The number of rotatable bonds is 6. The molecular formula is C23H25F2N9O. The normalized spacial score (nSPS) is 18.4. The Morgan fingerprint density at radius 2 is 1.71 bits per heavy atom. The standard InChI is InChI=1S/C23H25F2N9O/c1-15-12-32(4-5-34(15)23-29-8-18(25)9-30-23)21-11-26-19(10-28-21)31-22(35)17-2-3-20(27-7-17)33-13-16(6-24)14-33/h2-3,7-11,15-16H,4-6,12-14H2,1H3,(H,26,31,35)/t15-/m0/s1. The van der Waals surface area contributed by atoms with Gasteiger partial charge < -0.3 is 20.0 Å². The van der Waals surface area contributed by atoms with Gasteiger partial charge in [0.2, 0.25) is 5.95 Å². The molecule has 2 aliphatic rings. The molecule has 3 aromatic heterocycles. The summed E-state index contributed by atoms with van der Waals surface area (Å²) < 4.78 is 25.7.